The number of hydrogen-bond acceptors (Lipinski definition) is 3. The molecular weight excluding hydrogens is 386 g/mol. The van der Waals surface area contributed by atoms with E-state index in [1.165, 1.54) is 0 Å². The zero-order valence-corrected chi connectivity index (χ0v) is 18.1. The van der Waals surface area contributed by atoms with Crippen molar-refractivity contribution in [2.45, 2.75) is 45.1 Å². The number of piperidine rings is 1. The Labute approximate surface area is 179 Å². The summed E-state index contributed by atoms with van der Waals surface area (Å²) in [6.45, 7) is 5.77. The SMILES string of the molecule is CCC(CC)(CN)NC(=O)C1CCN(C(=O)c2cccc3ccccc23)CC1.Cl. The molecule has 2 aromatic carbocycles. The number of rotatable bonds is 6. The first-order valence-corrected chi connectivity index (χ1v) is 10.3. The number of nitrogens with two attached hydrogens (primary N) is 1. The largest absolute Gasteiger partial charge is 0.349 e. The van der Waals surface area contributed by atoms with Crippen LogP contribution in [-0.4, -0.2) is 41.9 Å². The smallest absolute Gasteiger partial charge is 0.254 e. The number of likely N-dealkylation sites (tertiary alicyclic amines) is 1. The normalized spacial score (nSPS) is 15.1. The molecule has 0 unspecified atom stereocenters. The van der Waals surface area contributed by atoms with Gasteiger partial charge in [0, 0.05) is 31.1 Å². The molecule has 0 atom stereocenters. The van der Waals surface area contributed by atoms with Crippen LogP contribution in [0.1, 0.15) is 49.9 Å². The van der Waals surface area contributed by atoms with E-state index in [2.05, 4.69) is 19.2 Å². The number of carbonyl (C=O) groups is 2. The summed E-state index contributed by atoms with van der Waals surface area (Å²) in [6.07, 6.45) is 3.03. The summed E-state index contributed by atoms with van der Waals surface area (Å²) in [6, 6.07) is 13.8. The van der Waals surface area contributed by atoms with E-state index in [1.807, 2.05) is 47.4 Å². The number of carbonyl (C=O) groups excluding carboxylic acids is 2. The Kier molecular flexibility index (Phi) is 8.05. The molecule has 1 aliphatic rings. The average molecular weight is 418 g/mol. The third kappa shape index (κ3) is 4.90. The molecule has 1 aliphatic heterocycles. The Bertz CT molecular complexity index is 829. The molecule has 3 rings (SSSR count). The highest BCUT2D eigenvalue weighted by Crippen LogP contribution is 2.24. The monoisotopic (exact) mass is 417 g/mol. The standard InChI is InChI=1S/C23H31N3O2.ClH/c1-3-23(4-2,16-24)25-21(27)18-12-14-26(15-13-18)22(28)20-11-7-9-17-8-5-6-10-19(17)20;/h5-11,18H,3-4,12-16,24H2,1-2H3,(H,25,27);1H. The molecule has 0 spiro atoms. The maximum atomic E-state index is 13.1. The molecule has 5 nitrogen and oxygen atoms in total. The molecule has 1 fully saturated rings. The maximum absolute atomic E-state index is 13.1. The summed E-state index contributed by atoms with van der Waals surface area (Å²) in [5.74, 6) is 0.0704. The van der Waals surface area contributed by atoms with Crippen molar-refractivity contribution in [3.05, 3.63) is 48.0 Å². The van der Waals surface area contributed by atoms with Gasteiger partial charge in [-0.05, 0) is 42.5 Å². The molecule has 29 heavy (non-hydrogen) atoms. The second-order valence-corrected chi connectivity index (χ2v) is 7.77. The lowest BCUT2D eigenvalue weighted by Gasteiger charge is -2.36. The van der Waals surface area contributed by atoms with Gasteiger partial charge in [-0.25, -0.2) is 0 Å². The van der Waals surface area contributed by atoms with Gasteiger partial charge in [-0.15, -0.1) is 12.4 Å². The summed E-state index contributed by atoms with van der Waals surface area (Å²) in [5.41, 5.74) is 6.33. The van der Waals surface area contributed by atoms with Crippen LogP contribution in [-0.2, 0) is 4.79 Å². The van der Waals surface area contributed by atoms with Crippen LogP contribution in [0, 0.1) is 5.92 Å². The van der Waals surface area contributed by atoms with Crippen LogP contribution in [0.5, 0.6) is 0 Å². The Hall–Kier alpha value is -2.11. The van der Waals surface area contributed by atoms with Gasteiger partial charge in [-0.2, -0.15) is 0 Å². The number of halogens is 1. The molecular formula is C23H32ClN3O2. The number of nitrogens with one attached hydrogen (secondary N) is 1. The zero-order chi connectivity index (χ0) is 20.1. The fourth-order valence-corrected chi connectivity index (χ4v) is 4.06. The average Bonchev–Trinajstić information content (AvgIpc) is 2.76. The molecule has 158 valence electrons. The summed E-state index contributed by atoms with van der Waals surface area (Å²) >= 11 is 0. The Morgan fingerprint density at radius 1 is 1.07 bits per heavy atom. The quantitative estimate of drug-likeness (QED) is 0.751. The van der Waals surface area contributed by atoms with E-state index in [1.54, 1.807) is 0 Å². The van der Waals surface area contributed by atoms with E-state index in [9.17, 15) is 9.59 Å². The van der Waals surface area contributed by atoms with Gasteiger partial charge >= 0.3 is 0 Å². The van der Waals surface area contributed by atoms with E-state index < -0.39 is 0 Å². The van der Waals surface area contributed by atoms with Crippen molar-refractivity contribution in [3.63, 3.8) is 0 Å². The van der Waals surface area contributed by atoms with Crippen LogP contribution < -0.4 is 11.1 Å². The van der Waals surface area contributed by atoms with Crippen LogP contribution in [0.4, 0.5) is 0 Å². The van der Waals surface area contributed by atoms with E-state index in [-0.39, 0.29) is 35.7 Å². The van der Waals surface area contributed by atoms with Crippen LogP contribution in [0.3, 0.4) is 0 Å². The van der Waals surface area contributed by atoms with Crippen LogP contribution in [0.15, 0.2) is 42.5 Å². The predicted molar refractivity (Wildman–Crippen MR) is 120 cm³/mol. The van der Waals surface area contributed by atoms with Gasteiger partial charge < -0.3 is 16.0 Å². The second kappa shape index (κ2) is 10.1. The van der Waals surface area contributed by atoms with Gasteiger partial charge in [-0.1, -0.05) is 50.2 Å². The third-order valence-electron chi connectivity index (χ3n) is 6.31. The first-order valence-electron chi connectivity index (χ1n) is 10.3. The van der Waals surface area contributed by atoms with Crippen LogP contribution in [0.25, 0.3) is 10.8 Å². The van der Waals surface area contributed by atoms with Gasteiger partial charge in [-0.3, -0.25) is 9.59 Å². The molecule has 0 saturated carbocycles. The number of benzene rings is 2. The minimum Gasteiger partial charge on any atom is -0.349 e. The number of hydrogen-bond donors (Lipinski definition) is 2. The summed E-state index contributed by atoms with van der Waals surface area (Å²) < 4.78 is 0. The lowest BCUT2D eigenvalue weighted by atomic mass is 9.89. The first kappa shape index (κ1) is 23.2. The Balaban J connectivity index is 0.00000300. The molecule has 0 aromatic heterocycles. The lowest BCUT2D eigenvalue weighted by molar-refractivity contribution is -0.128. The van der Waals surface area contributed by atoms with Crippen LogP contribution >= 0.6 is 12.4 Å². The highest BCUT2D eigenvalue weighted by atomic mass is 35.5. The van der Waals surface area contributed by atoms with Crippen molar-refractivity contribution in [2.75, 3.05) is 19.6 Å². The van der Waals surface area contributed by atoms with Crippen molar-refractivity contribution in [1.82, 2.24) is 10.2 Å². The van der Waals surface area contributed by atoms with Crippen molar-refractivity contribution in [1.29, 1.82) is 0 Å². The molecule has 2 amide bonds. The van der Waals surface area contributed by atoms with Crippen molar-refractivity contribution < 1.29 is 9.59 Å². The number of amides is 2. The summed E-state index contributed by atoms with van der Waals surface area (Å²) in [5, 5.41) is 5.23. The van der Waals surface area contributed by atoms with E-state index in [0.29, 0.717) is 32.5 Å². The molecule has 1 heterocycles. The highest BCUT2D eigenvalue weighted by Gasteiger charge is 2.33. The molecule has 3 N–H and O–H groups in total. The second-order valence-electron chi connectivity index (χ2n) is 7.77. The first-order chi connectivity index (χ1) is 13.5. The summed E-state index contributed by atoms with van der Waals surface area (Å²) in [7, 11) is 0. The Morgan fingerprint density at radius 2 is 1.69 bits per heavy atom. The van der Waals surface area contributed by atoms with Crippen LogP contribution in [0.2, 0.25) is 0 Å². The van der Waals surface area contributed by atoms with Crippen molar-refractivity contribution in [2.24, 2.45) is 11.7 Å². The number of nitrogens with zero attached hydrogens (tertiary/aromatic N) is 1. The molecule has 1 saturated heterocycles. The zero-order valence-electron chi connectivity index (χ0n) is 17.3. The predicted octanol–water partition coefficient (Wildman–Crippen LogP) is 3.75. The van der Waals surface area contributed by atoms with Crippen molar-refractivity contribution in [3.8, 4) is 0 Å². The van der Waals surface area contributed by atoms with E-state index >= 15 is 0 Å². The minimum atomic E-state index is -0.313. The van der Waals surface area contributed by atoms with Crippen molar-refractivity contribution >= 4 is 35.0 Å². The topological polar surface area (TPSA) is 75.4 Å². The maximum Gasteiger partial charge on any atom is 0.254 e. The highest BCUT2D eigenvalue weighted by molar-refractivity contribution is 6.07. The third-order valence-corrected chi connectivity index (χ3v) is 6.31. The minimum absolute atomic E-state index is 0. The van der Waals surface area contributed by atoms with Gasteiger partial charge in [0.05, 0.1) is 5.54 Å². The van der Waals surface area contributed by atoms with E-state index in [4.69, 9.17) is 5.73 Å². The fraction of sp³-hybridized carbons (Fsp3) is 0.478. The number of fused-ring (bicyclic) bond motifs is 1. The molecule has 0 radical (unpaired) electrons. The van der Waals surface area contributed by atoms with Gasteiger partial charge in [0.15, 0.2) is 0 Å². The molecule has 0 aliphatic carbocycles. The molecule has 0 bridgehead atoms. The Morgan fingerprint density at radius 3 is 2.31 bits per heavy atom. The summed E-state index contributed by atoms with van der Waals surface area (Å²) in [4.78, 5) is 27.7. The molecule has 2 aromatic rings. The van der Waals surface area contributed by atoms with Gasteiger partial charge in [0.1, 0.15) is 0 Å². The van der Waals surface area contributed by atoms with E-state index in [0.717, 1.165) is 29.2 Å². The lowest BCUT2D eigenvalue weighted by Crippen LogP contribution is -2.55. The van der Waals surface area contributed by atoms with Gasteiger partial charge in [0.2, 0.25) is 5.91 Å². The van der Waals surface area contributed by atoms with Gasteiger partial charge in [0.25, 0.3) is 5.91 Å². The fourth-order valence-electron chi connectivity index (χ4n) is 4.06. The molecule has 6 heteroatoms.